The zero-order valence-electron chi connectivity index (χ0n) is 10.3. The van der Waals surface area contributed by atoms with Gasteiger partial charge in [0.15, 0.2) is 0 Å². The van der Waals surface area contributed by atoms with Crippen LogP contribution in [0.15, 0.2) is 18.2 Å². The average molecular weight is 252 g/mol. The first-order valence-electron chi connectivity index (χ1n) is 6.05. The van der Waals surface area contributed by atoms with Crippen molar-refractivity contribution in [1.29, 1.82) is 0 Å². The van der Waals surface area contributed by atoms with E-state index in [2.05, 4.69) is 5.32 Å². The highest BCUT2D eigenvalue weighted by Crippen LogP contribution is 2.17. The number of likely N-dealkylation sites (N-methyl/N-ethyl adjacent to an activating group) is 1. The van der Waals surface area contributed by atoms with E-state index in [0.29, 0.717) is 12.6 Å². The van der Waals surface area contributed by atoms with E-state index in [-0.39, 0.29) is 17.2 Å². The van der Waals surface area contributed by atoms with Gasteiger partial charge in [0, 0.05) is 25.7 Å². The molecule has 2 rings (SSSR count). The molecule has 4 nitrogen and oxygen atoms in total. The maximum Gasteiger partial charge on any atom is 0.256 e. The van der Waals surface area contributed by atoms with Crippen LogP contribution in [0.5, 0.6) is 5.75 Å². The number of carbonyl (C=O) groups excluding carboxylic acids is 1. The van der Waals surface area contributed by atoms with Crippen molar-refractivity contribution >= 4 is 5.91 Å². The second-order valence-electron chi connectivity index (χ2n) is 4.64. The molecule has 1 amide bonds. The molecule has 0 radical (unpaired) electrons. The number of hydrogen-bond acceptors (Lipinski definition) is 3. The molecule has 0 aliphatic carbocycles. The monoisotopic (exact) mass is 252 g/mol. The molecule has 1 unspecified atom stereocenters. The molecule has 18 heavy (non-hydrogen) atoms. The fourth-order valence-corrected chi connectivity index (χ4v) is 2.21. The molecule has 1 aliphatic heterocycles. The molecule has 0 aromatic heterocycles. The molecule has 0 bridgehead atoms. The highest BCUT2D eigenvalue weighted by Gasteiger charge is 2.21. The van der Waals surface area contributed by atoms with Gasteiger partial charge in [-0.15, -0.1) is 0 Å². The minimum Gasteiger partial charge on any atom is -0.508 e. The summed E-state index contributed by atoms with van der Waals surface area (Å²) in [5, 5.41) is 12.4. The molecule has 1 atom stereocenters. The van der Waals surface area contributed by atoms with Crippen LogP contribution in [-0.2, 0) is 0 Å². The van der Waals surface area contributed by atoms with Crippen molar-refractivity contribution in [3.63, 3.8) is 0 Å². The van der Waals surface area contributed by atoms with E-state index in [1.165, 1.54) is 17.0 Å². The summed E-state index contributed by atoms with van der Waals surface area (Å²) in [6.45, 7) is 1.54. The maximum absolute atomic E-state index is 13.6. The molecule has 2 N–H and O–H groups in total. The van der Waals surface area contributed by atoms with E-state index < -0.39 is 5.82 Å². The van der Waals surface area contributed by atoms with Crippen LogP contribution < -0.4 is 5.32 Å². The molecule has 0 spiro atoms. The summed E-state index contributed by atoms with van der Waals surface area (Å²) < 4.78 is 13.6. The molecule has 1 heterocycles. The standard InChI is InChI=1S/C13H17FN2O2/c1-16(8-9-3-2-6-15-9)13(18)11-5-4-10(17)7-12(11)14/h4-5,7,9,15,17H,2-3,6,8H2,1H3. The summed E-state index contributed by atoms with van der Waals surface area (Å²) in [5.41, 5.74) is -0.00621. The number of benzene rings is 1. The molecule has 0 saturated carbocycles. The summed E-state index contributed by atoms with van der Waals surface area (Å²) >= 11 is 0. The predicted octanol–water partition coefficient (Wildman–Crippen LogP) is 1.36. The third kappa shape index (κ3) is 2.79. The van der Waals surface area contributed by atoms with E-state index in [9.17, 15) is 9.18 Å². The number of hydrogen-bond donors (Lipinski definition) is 2. The van der Waals surface area contributed by atoms with Crippen LogP contribution >= 0.6 is 0 Å². The number of phenolic OH excluding ortho intramolecular Hbond substituents is 1. The second-order valence-corrected chi connectivity index (χ2v) is 4.64. The summed E-state index contributed by atoms with van der Waals surface area (Å²) in [6, 6.07) is 3.87. The van der Waals surface area contributed by atoms with Gasteiger partial charge in [-0.05, 0) is 31.5 Å². The lowest BCUT2D eigenvalue weighted by atomic mass is 10.1. The highest BCUT2D eigenvalue weighted by molar-refractivity contribution is 5.94. The fourth-order valence-electron chi connectivity index (χ4n) is 2.21. The van der Waals surface area contributed by atoms with Crippen molar-refractivity contribution in [2.24, 2.45) is 0 Å². The number of carbonyl (C=O) groups is 1. The van der Waals surface area contributed by atoms with Crippen LogP contribution in [0.1, 0.15) is 23.2 Å². The molecule has 1 saturated heterocycles. The van der Waals surface area contributed by atoms with Gasteiger partial charge in [0.25, 0.3) is 5.91 Å². The van der Waals surface area contributed by atoms with Crippen molar-refractivity contribution < 1.29 is 14.3 Å². The molecule has 98 valence electrons. The van der Waals surface area contributed by atoms with Gasteiger partial charge in [-0.1, -0.05) is 0 Å². The third-order valence-corrected chi connectivity index (χ3v) is 3.19. The van der Waals surface area contributed by atoms with Gasteiger partial charge in [-0.25, -0.2) is 4.39 Å². The Labute approximate surface area is 105 Å². The molecule has 1 aromatic rings. The van der Waals surface area contributed by atoms with E-state index in [1.54, 1.807) is 7.05 Å². The van der Waals surface area contributed by atoms with Crippen LogP contribution in [-0.4, -0.2) is 42.1 Å². The Kier molecular flexibility index (Phi) is 3.81. The van der Waals surface area contributed by atoms with Crippen LogP contribution in [0.25, 0.3) is 0 Å². The van der Waals surface area contributed by atoms with E-state index in [1.807, 2.05) is 0 Å². The molecular formula is C13H17FN2O2. The maximum atomic E-state index is 13.6. The van der Waals surface area contributed by atoms with Crippen molar-refractivity contribution in [3.05, 3.63) is 29.6 Å². The lowest BCUT2D eigenvalue weighted by molar-refractivity contribution is 0.0779. The first-order chi connectivity index (χ1) is 8.58. The molecular weight excluding hydrogens is 235 g/mol. The summed E-state index contributed by atoms with van der Waals surface area (Å²) in [5.74, 6) is -1.23. The molecule has 1 fully saturated rings. The number of halogens is 1. The normalized spacial score (nSPS) is 18.9. The quantitative estimate of drug-likeness (QED) is 0.854. The van der Waals surface area contributed by atoms with Crippen LogP contribution in [0, 0.1) is 5.82 Å². The summed E-state index contributed by atoms with van der Waals surface area (Å²) in [6.07, 6.45) is 2.15. The minimum atomic E-state index is -0.689. The number of rotatable bonds is 3. The number of nitrogens with zero attached hydrogens (tertiary/aromatic N) is 1. The number of amides is 1. The van der Waals surface area contributed by atoms with Crippen molar-refractivity contribution in [3.8, 4) is 5.75 Å². The summed E-state index contributed by atoms with van der Waals surface area (Å²) in [7, 11) is 1.66. The van der Waals surface area contributed by atoms with E-state index in [4.69, 9.17) is 5.11 Å². The van der Waals surface area contributed by atoms with Gasteiger partial charge in [0.2, 0.25) is 0 Å². The summed E-state index contributed by atoms with van der Waals surface area (Å²) in [4.78, 5) is 13.6. The Morgan fingerprint density at radius 2 is 2.39 bits per heavy atom. The minimum absolute atomic E-state index is 0.00621. The van der Waals surface area contributed by atoms with Crippen molar-refractivity contribution in [2.45, 2.75) is 18.9 Å². The third-order valence-electron chi connectivity index (χ3n) is 3.19. The average Bonchev–Trinajstić information content (AvgIpc) is 2.81. The lowest BCUT2D eigenvalue weighted by Gasteiger charge is -2.21. The van der Waals surface area contributed by atoms with Gasteiger partial charge < -0.3 is 15.3 Å². The lowest BCUT2D eigenvalue weighted by Crippen LogP contribution is -2.38. The topological polar surface area (TPSA) is 52.6 Å². The van der Waals surface area contributed by atoms with Crippen LogP contribution in [0.2, 0.25) is 0 Å². The van der Waals surface area contributed by atoms with E-state index >= 15 is 0 Å². The van der Waals surface area contributed by atoms with Crippen LogP contribution in [0.3, 0.4) is 0 Å². The Morgan fingerprint density at radius 3 is 3.00 bits per heavy atom. The zero-order chi connectivity index (χ0) is 13.1. The molecule has 5 heteroatoms. The second kappa shape index (κ2) is 5.35. The number of phenols is 1. The molecule has 1 aromatic carbocycles. The fraction of sp³-hybridized carbons (Fsp3) is 0.462. The first-order valence-corrected chi connectivity index (χ1v) is 6.05. The first kappa shape index (κ1) is 12.8. The van der Waals surface area contributed by atoms with Gasteiger partial charge in [0.05, 0.1) is 5.56 Å². The van der Waals surface area contributed by atoms with Gasteiger partial charge in [0.1, 0.15) is 11.6 Å². The highest BCUT2D eigenvalue weighted by atomic mass is 19.1. The zero-order valence-corrected chi connectivity index (χ0v) is 10.3. The number of aromatic hydroxyl groups is 1. The van der Waals surface area contributed by atoms with Gasteiger partial charge >= 0.3 is 0 Å². The number of nitrogens with one attached hydrogen (secondary N) is 1. The predicted molar refractivity (Wildman–Crippen MR) is 66.1 cm³/mol. The molecule has 1 aliphatic rings. The Balaban J connectivity index is 2.05. The smallest absolute Gasteiger partial charge is 0.256 e. The van der Waals surface area contributed by atoms with E-state index in [0.717, 1.165) is 25.5 Å². The van der Waals surface area contributed by atoms with Crippen molar-refractivity contribution in [1.82, 2.24) is 10.2 Å². The van der Waals surface area contributed by atoms with Crippen LogP contribution in [0.4, 0.5) is 4.39 Å². The SMILES string of the molecule is CN(CC1CCCN1)C(=O)c1ccc(O)cc1F. The van der Waals surface area contributed by atoms with Crippen molar-refractivity contribution in [2.75, 3.05) is 20.1 Å². The Hall–Kier alpha value is -1.62. The Bertz CT molecular complexity index is 445. The largest absolute Gasteiger partial charge is 0.508 e. The van der Waals surface area contributed by atoms with Gasteiger partial charge in [-0.2, -0.15) is 0 Å². The van der Waals surface area contributed by atoms with Gasteiger partial charge in [-0.3, -0.25) is 4.79 Å². The Morgan fingerprint density at radius 1 is 1.61 bits per heavy atom.